The third-order valence-corrected chi connectivity index (χ3v) is 3.22. The van der Waals surface area contributed by atoms with E-state index in [1.807, 2.05) is 24.3 Å². The highest BCUT2D eigenvalue weighted by Gasteiger charge is 2.12. The SMILES string of the molecule is [CH2]C(c1ccc(C)cc1)c1nc2ccccc2[nH]1. The molecular formula is C16H15N2. The lowest BCUT2D eigenvalue weighted by atomic mass is 9.99. The molecule has 0 aliphatic rings. The molecule has 1 atom stereocenters. The zero-order chi connectivity index (χ0) is 12.5. The van der Waals surface area contributed by atoms with Crippen LogP contribution >= 0.6 is 0 Å². The molecule has 3 aromatic rings. The molecule has 1 unspecified atom stereocenters. The van der Waals surface area contributed by atoms with Crippen LogP contribution in [0.2, 0.25) is 0 Å². The van der Waals surface area contributed by atoms with Gasteiger partial charge < -0.3 is 4.98 Å². The molecule has 2 aromatic carbocycles. The second-order valence-corrected chi connectivity index (χ2v) is 4.60. The Morgan fingerprint density at radius 3 is 2.50 bits per heavy atom. The first kappa shape index (κ1) is 11.0. The lowest BCUT2D eigenvalue weighted by molar-refractivity contribution is 0.920. The molecular weight excluding hydrogens is 220 g/mol. The van der Waals surface area contributed by atoms with E-state index in [0.29, 0.717) is 0 Å². The van der Waals surface area contributed by atoms with Crippen LogP contribution in [-0.2, 0) is 0 Å². The summed E-state index contributed by atoms with van der Waals surface area (Å²) in [5, 5.41) is 0. The molecule has 0 aliphatic heterocycles. The van der Waals surface area contributed by atoms with E-state index in [9.17, 15) is 0 Å². The second kappa shape index (κ2) is 4.30. The van der Waals surface area contributed by atoms with E-state index in [0.717, 1.165) is 16.9 Å². The Kier molecular flexibility index (Phi) is 2.63. The maximum Gasteiger partial charge on any atom is 0.114 e. The number of fused-ring (bicyclic) bond motifs is 1. The van der Waals surface area contributed by atoms with Gasteiger partial charge in [0, 0.05) is 5.92 Å². The first-order chi connectivity index (χ1) is 8.74. The molecule has 1 heterocycles. The molecule has 18 heavy (non-hydrogen) atoms. The largest absolute Gasteiger partial charge is 0.341 e. The summed E-state index contributed by atoms with van der Waals surface area (Å²) in [5.41, 5.74) is 4.50. The molecule has 0 spiro atoms. The Balaban J connectivity index is 2.00. The molecule has 0 bridgehead atoms. The summed E-state index contributed by atoms with van der Waals surface area (Å²) in [6, 6.07) is 16.5. The molecule has 1 aromatic heterocycles. The third kappa shape index (κ3) is 1.90. The van der Waals surface area contributed by atoms with Crippen molar-refractivity contribution in [2.75, 3.05) is 0 Å². The van der Waals surface area contributed by atoms with Crippen molar-refractivity contribution in [2.24, 2.45) is 0 Å². The minimum atomic E-state index is 0.0398. The fourth-order valence-corrected chi connectivity index (χ4v) is 2.09. The van der Waals surface area contributed by atoms with Gasteiger partial charge in [-0.05, 0) is 31.5 Å². The quantitative estimate of drug-likeness (QED) is 0.718. The molecule has 0 aliphatic carbocycles. The molecule has 2 heteroatoms. The topological polar surface area (TPSA) is 28.7 Å². The van der Waals surface area contributed by atoms with Crippen LogP contribution in [0.4, 0.5) is 0 Å². The number of rotatable bonds is 2. The Morgan fingerprint density at radius 1 is 1.06 bits per heavy atom. The van der Waals surface area contributed by atoms with Crippen molar-refractivity contribution in [1.82, 2.24) is 9.97 Å². The van der Waals surface area contributed by atoms with Gasteiger partial charge in [0.25, 0.3) is 0 Å². The number of nitrogens with zero attached hydrogens (tertiary/aromatic N) is 1. The molecule has 1 N–H and O–H groups in total. The van der Waals surface area contributed by atoms with Gasteiger partial charge in [-0.2, -0.15) is 0 Å². The highest BCUT2D eigenvalue weighted by molar-refractivity contribution is 5.75. The summed E-state index contributed by atoms with van der Waals surface area (Å²) in [6.45, 7) is 6.30. The Labute approximate surface area is 107 Å². The molecule has 0 amide bonds. The monoisotopic (exact) mass is 235 g/mol. The lowest BCUT2D eigenvalue weighted by Gasteiger charge is -2.08. The van der Waals surface area contributed by atoms with Gasteiger partial charge in [-0.25, -0.2) is 4.98 Å². The van der Waals surface area contributed by atoms with Crippen LogP contribution in [0.25, 0.3) is 11.0 Å². The van der Waals surface area contributed by atoms with Crippen molar-refractivity contribution in [3.63, 3.8) is 0 Å². The van der Waals surface area contributed by atoms with Gasteiger partial charge in [-0.1, -0.05) is 42.0 Å². The van der Waals surface area contributed by atoms with Crippen molar-refractivity contribution in [3.8, 4) is 0 Å². The standard InChI is InChI=1S/C16H15N2/c1-11-7-9-13(10-8-11)12(2)16-17-14-5-3-4-6-15(14)18-16/h3-10,12H,2H2,1H3,(H,17,18). The molecule has 2 nitrogen and oxygen atoms in total. The summed E-state index contributed by atoms with van der Waals surface area (Å²) in [4.78, 5) is 7.93. The number of aryl methyl sites for hydroxylation is 1. The fourth-order valence-electron chi connectivity index (χ4n) is 2.09. The molecule has 0 saturated heterocycles. The maximum absolute atomic E-state index is 4.59. The number of aromatic nitrogens is 2. The van der Waals surface area contributed by atoms with Gasteiger partial charge in [-0.15, -0.1) is 0 Å². The number of aromatic amines is 1. The highest BCUT2D eigenvalue weighted by atomic mass is 14.9. The van der Waals surface area contributed by atoms with Gasteiger partial charge in [0.2, 0.25) is 0 Å². The van der Waals surface area contributed by atoms with Gasteiger partial charge >= 0.3 is 0 Å². The van der Waals surface area contributed by atoms with E-state index in [4.69, 9.17) is 0 Å². The van der Waals surface area contributed by atoms with Crippen LogP contribution < -0.4 is 0 Å². The minimum absolute atomic E-state index is 0.0398. The van der Waals surface area contributed by atoms with E-state index in [1.165, 1.54) is 11.1 Å². The average molecular weight is 235 g/mol. The fraction of sp³-hybridized carbons (Fsp3) is 0.125. The minimum Gasteiger partial charge on any atom is -0.341 e. The van der Waals surface area contributed by atoms with E-state index in [-0.39, 0.29) is 5.92 Å². The number of benzene rings is 2. The third-order valence-electron chi connectivity index (χ3n) is 3.22. The molecule has 0 fully saturated rings. The number of hydrogen-bond donors (Lipinski definition) is 1. The summed E-state index contributed by atoms with van der Waals surface area (Å²) in [6.07, 6.45) is 0. The zero-order valence-electron chi connectivity index (χ0n) is 10.4. The smallest absolute Gasteiger partial charge is 0.114 e. The molecule has 0 saturated carbocycles. The van der Waals surface area contributed by atoms with Crippen molar-refractivity contribution >= 4 is 11.0 Å². The van der Waals surface area contributed by atoms with Crippen LogP contribution in [0, 0.1) is 13.8 Å². The van der Waals surface area contributed by atoms with Gasteiger partial charge in [0.15, 0.2) is 0 Å². The summed E-state index contributed by atoms with van der Waals surface area (Å²) >= 11 is 0. The second-order valence-electron chi connectivity index (χ2n) is 4.60. The van der Waals surface area contributed by atoms with E-state index in [2.05, 4.69) is 48.1 Å². The van der Waals surface area contributed by atoms with Gasteiger partial charge in [-0.3, -0.25) is 0 Å². The molecule has 1 radical (unpaired) electrons. The number of imidazole rings is 1. The van der Waals surface area contributed by atoms with Crippen molar-refractivity contribution < 1.29 is 0 Å². The van der Waals surface area contributed by atoms with Crippen molar-refractivity contribution in [1.29, 1.82) is 0 Å². The Hall–Kier alpha value is -2.09. The highest BCUT2D eigenvalue weighted by Crippen LogP contribution is 2.23. The van der Waals surface area contributed by atoms with E-state index in [1.54, 1.807) is 0 Å². The number of para-hydroxylation sites is 2. The van der Waals surface area contributed by atoms with E-state index < -0.39 is 0 Å². The Morgan fingerprint density at radius 2 is 1.78 bits per heavy atom. The summed E-state index contributed by atoms with van der Waals surface area (Å²) in [7, 11) is 0. The lowest BCUT2D eigenvalue weighted by Crippen LogP contribution is -1.98. The van der Waals surface area contributed by atoms with Crippen LogP contribution in [0.5, 0.6) is 0 Å². The van der Waals surface area contributed by atoms with Gasteiger partial charge in [0.1, 0.15) is 5.82 Å². The average Bonchev–Trinajstić information content (AvgIpc) is 2.82. The summed E-state index contributed by atoms with van der Waals surface area (Å²) < 4.78 is 0. The van der Waals surface area contributed by atoms with Gasteiger partial charge in [0.05, 0.1) is 11.0 Å². The number of H-pyrrole nitrogens is 1. The number of nitrogens with one attached hydrogen (secondary N) is 1. The van der Waals surface area contributed by atoms with Crippen molar-refractivity contribution in [3.05, 3.63) is 72.4 Å². The molecule has 89 valence electrons. The predicted octanol–water partition coefficient (Wildman–Crippen LogP) is 3.84. The first-order valence-corrected chi connectivity index (χ1v) is 6.08. The van der Waals surface area contributed by atoms with Crippen LogP contribution in [0.3, 0.4) is 0 Å². The predicted molar refractivity (Wildman–Crippen MR) is 74.5 cm³/mol. The Bertz CT molecular complexity index is 632. The number of hydrogen-bond acceptors (Lipinski definition) is 1. The zero-order valence-corrected chi connectivity index (χ0v) is 10.4. The first-order valence-electron chi connectivity index (χ1n) is 6.08. The van der Waals surface area contributed by atoms with Crippen LogP contribution in [0.1, 0.15) is 22.9 Å². The van der Waals surface area contributed by atoms with Crippen molar-refractivity contribution in [2.45, 2.75) is 12.8 Å². The summed E-state index contributed by atoms with van der Waals surface area (Å²) in [5.74, 6) is 0.957. The molecule has 3 rings (SSSR count). The van der Waals surface area contributed by atoms with Crippen LogP contribution in [-0.4, -0.2) is 9.97 Å². The normalized spacial score (nSPS) is 12.8. The van der Waals surface area contributed by atoms with Crippen LogP contribution in [0.15, 0.2) is 48.5 Å². The maximum atomic E-state index is 4.59. The van der Waals surface area contributed by atoms with E-state index >= 15 is 0 Å².